The highest BCUT2D eigenvalue weighted by atomic mass is 19.4. The average molecular weight is 253 g/mol. The average Bonchev–Trinajstić information content (AvgIpc) is 2.28. The Hall–Kier alpha value is -2.04. The van der Waals surface area contributed by atoms with Crippen molar-refractivity contribution in [2.24, 2.45) is 0 Å². The largest absolute Gasteiger partial charge is 0.439 e. The van der Waals surface area contributed by atoms with Crippen LogP contribution in [-0.4, -0.2) is 11.2 Å². The molecule has 0 radical (unpaired) electrons. The van der Waals surface area contributed by atoms with Gasteiger partial charge in [-0.15, -0.1) is 0 Å². The van der Waals surface area contributed by atoms with E-state index in [0.29, 0.717) is 5.75 Å². The van der Waals surface area contributed by atoms with Gasteiger partial charge >= 0.3 is 6.18 Å². The second kappa shape index (κ2) is 5.08. The van der Waals surface area contributed by atoms with Crippen LogP contribution in [0.25, 0.3) is 0 Å². The number of para-hydroxylation sites is 1. The van der Waals surface area contributed by atoms with E-state index in [2.05, 4.69) is 4.98 Å². The standard InChI is InChI=1S/C13H10F3NO/c14-13(15,16)9-10-6-7-17-12(8-10)18-11-4-2-1-3-5-11/h1-8H,9H2. The first-order valence-corrected chi connectivity index (χ1v) is 5.27. The first-order valence-electron chi connectivity index (χ1n) is 5.27. The van der Waals surface area contributed by atoms with Crippen LogP contribution in [0.15, 0.2) is 48.7 Å². The smallest absolute Gasteiger partial charge is 0.393 e. The summed E-state index contributed by atoms with van der Waals surface area (Å²) in [5.41, 5.74) is 0.128. The Morgan fingerprint density at radius 1 is 1.06 bits per heavy atom. The molecular weight excluding hydrogens is 243 g/mol. The van der Waals surface area contributed by atoms with E-state index in [4.69, 9.17) is 4.74 Å². The molecule has 1 aromatic heterocycles. The van der Waals surface area contributed by atoms with Crippen molar-refractivity contribution in [3.8, 4) is 11.6 Å². The molecule has 0 saturated carbocycles. The molecule has 0 aliphatic carbocycles. The molecule has 0 amide bonds. The maximum absolute atomic E-state index is 12.2. The van der Waals surface area contributed by atoms with Gasteiger partial charge in [0.05, 0.1) is 6.42 Å². The van der Waals surface area contributed by atoms with Gasteiger partial charge in [0.15, 0.2) is 0 Å². The second-order valence-corrected chi connectivity index (χ2v) is 3.71. The lowest BCUT2D eigenvalue weighted by Crippen LogP contribution is -2.11. The Kier molecular flexibility index (Phi) is 3.50. The number of benzene rings is 1. The first-order chi connectivity index (χ1) is 8.53. The van der Waals surface area contributed by atoms with Crippen molar-refractivity contribution in [2.75, 3.05) is 0 Å². The number of ether oxygens (including phenoxy) is 1. The third kappa shape index (κ3) is 3.76. The monoisotopic (exact) mass is 253 g/mol. The Balaban J connectivity index is 2.13. The number of hydrogen-bond donors (Lipinski definition) is 0. The first kappa shape index (κ1) is 12.4. The second-order valence-electron chi connectivity index (χ2n) is 3.71. The minimum Gasteiger partial charge on any atom is -0.439 e. The number of alkyl halides is 3. The lowest BCUT2D eigenvalue weighted by molar-refractivity contribution is -0.127. The van der Waals surface area contributed by atoms with E-state index < -0.39 is 12.6 Å². The fourth-order valence-electron chi connectivity index (χ4n) is 1.46. The van der Waals surface area contributed by atoms with Crippen molar-refractivity contribution in [2.45, 2.75) is 12.6 Å². The van der Waals surface area contributed by atoms with Crippen LogP contribution in [0.5, 0.6) is 11.6 Å². The van der Waals surface area contributed by atoms with E-state index in [1.165, 1.54) is 18.3 Å². The minimum absolute atomic E-state index is 0.128. The molecule has 0 atom stereocenters. The molecule has 0 saturated heterocycles. The van der Waals surface area contributed by atoms with E-state index in [1.54, 1.807) is 24.3 Å². The Morgan fingerprint density at radius 3 is 2.44 bits per heavy atom. The molecule has 1 heterocycles. The van der Waals surface area contributed by atoms with E-state index in [9.17, 15) is 13.2 Å². The maximum atomic E-state index is 12.2. The zero-order valence-electron chi connectivity index (χ0n) is 9.32. The molecule has 5 heteroatoms. The molecule has 2 nitrogen and oxygen atoms in total. The van der Waals surface area contributed by atoms with Crippen molar-refractivity contribution >= 4 is 0 Å². The number of hydrogen-bond acceptors (Lipinski definition) is 2. The molecular formula is C13H10F3NO. The number of pyridine rings is 1. The lowest BCUT2D eigenvalue weighted by Gasteiger charge is -2.08. The zero-order chi connectivity index (χ0) is 13.0. The maximum Gasteiger partial charge on any atom is 0.393 e. The van der Waals surface area contributed by atoms with Gasteiger partial charge < -0.3 is 4.74 Å². The van der Waals surface area contributed by atoms with Gasteiger partial charge in [-0.05, 0) is 23.8 Å². The van der Waals surface area contributed by atoms with Gasteiger partial charge in [0.2, 0.25) is 5.88 Å². The molecule has 0 spiro atoms. The van der Waals surface area contributed by atoms with Crippen LogP contribution in [0.2, 0.25) is 0 Å². The molecule has 0 unspecified atom stereocenters. The number of nitrogens with zero attached hydrogens (tertiary/aromatic N) is 1. The van der Waals surface area contributed by atoms with Crippen molar-refractivity contribution in [1.29, 1.82) is 0 Å². The zero-order valence-corrected chi connectivity index (χ0v) is 9.32. The molecule has 2 rings (SSSR count). The van der Waals surface area contributed by atoms with Crippen molar-refractivity contribution < 1.29 is 17.9 Å². The van der Waals surface area contributed by atoms with Crippen LogP contribution in [0.3, 0.4) is 0 Å². The molecule has 0 N–H and O–H groups in total. The predicted octanol–water partition coefficient (Wildman–Crippen LogP) is 3.98. The van der Waals surface area contributed by atoms with Crippen molar-refractivity contribution in [3.63, 3.8) is 0 Å². The Morgan fingerprint density at radius 2 is 1.78 bits per heavy atom. The summed E-state index contributed by atoms with van der Waals surface area (Å²) in [7, 11) is 0. The third-order valence-electron chi connectivity index (χ3n) is 2.17. The fraction of sp³-hybridized carbons (Fsp3) is 0.154. The minimum atomic E-state index is -4.23. The summed E-state index contributed by atoms with van der Waals surface area (Å²) < 4.78 is 42.1. The van der Waals surface area contributed by atoms with E-state index >= 15 is 0 Å². The molecule has 0 fully saturated rings. The normalized spacial score (nSPS) is 11.3. The van der Waals surface area contributed by atoms with Crippen LogP contribution in [0.1, 0.15) is 5.56 Å². The molecule has 18 heavy (non-hydrogen) atoms. The molecule has 1 aromatic carbocycles. The quantitative estimate of drug-likeness (QED) is 0.825. The Bertz CT molecular complexity index is 511. The van der Waals surface area contributed by atoms with Gasteiger partial charge in [-0.1, -0.05) is 18.2 Å². The summed E-state index contributed by atoms with van der Waals surface area (Å²) in [5.74, 6) is 0.692. The van der Waals surface area contributed by atoms with E-state index in [1.807, 2.05) is 6.07 Å². The highest BCUT2D eigenvalue weighted by Gasteiger charge is 2.27. The van der Waals surface area contributed by atoms with Crippen molar-refractivity contribution in [1.82, 2.24) is 4.98 Å². The van der Waals surface area contributed by atoms with Gasteiger partial charge in [0.1, 0.15) is 5.75 Å². The predicted molar refractivity (Wildman–Crippen MR) is 60.5 cm³/mol. The highest BCUT2D eigenvalue weighted by Crippen LogP contribution is 2.24. The van der Waals surface area contributed by atoms with Gasteiger partial charge in [0.25, 0.3) is 0 Å². The van der Waals surface area contributed by atoms with Gasteiger partial charge in [-0.3, -0.25) is 0 Å². The SMILES string of the molecule is FC(F)(F)Cc1ccnc(Oc2ccccc2)c1. The number of rotatable bonds is 3. The Labute approximate surface area is 102 Å². The molecule has 0 aliphatic heterocycles. The van der Waals surface area contributed by atoms with E-state index in [-0.39, 0.29) is 11.4 Å². The number of halogens is 3. The van der Waals surface area contributed by atoms with Crippen LogP contribution in [0, 0.1) is 0 Å². The number of aromatic nitrogens is 1. The molecule has 0 bridgehead atoms. The van der Waals surface area contributed by atoms with Gasteiger partial charge in [0, 0.05) is 12.3 Å². The van der Waals surface area contributed by atoms with Gasteiger partial charge in [-0.25, -0.2) is 4.98 Å². The topological polar surface area (TPSA) is 22.1 Å². The fourth-order valence-corrected chi connectivity index (χ4v) is 1.46. The summed E-state index contributed by atoms with van der Waals surface area (Å²) in [4.78, 5) is 3.88. The van der Waals surface area contributed by atoms with Crippen LogP contribution in [0.4, 0.5) is 13.2 Å². The summed E-state index contributed by atoms with van der Waals surface area (Å²) in [6, 6.07) is 11.4. The molecule has 94 valence electrons. The summed E-state index contributed by atoms with van der Waals surface area (Å²) in [6.45, 7) is 0. The van der Waals surface area contributed by atoms with Crippen LogP contribution in [-0.2, 0) is 6.42 Å². The van der Waals surface area contributed by atoms with Gasteiger partial charge in [-0.2, -0.15) is 13.2 Å². The lowest BCUT2D eigenvalue weighted by atomic mass is 10.2. The van der Waals surface area contributed by atoms with Crippen LogP contribution >= 0.6 is 0 Å². The van der Waals surface area contributed by atoms with Crippen molar-refractivity contribution in [3.05, 3.63) is 54.2 Å². The van der Waals surface area contributed by atoms with Crippen LogP contribution < -0.4 is 4.74 Å². The summed E-state index contributed by atoms with van der Waals surface area (Å²) >= 11 is 0. The highest BCUT2D eigenvalue weighted by molar-refractivity contribution is 5.28. The summed E-state index contributed by atoms with van der Waals surface area (Å²) in [6.07, 6.45) is -3.91. The summed E-state index contributed by atoms with van der Waals surface area (Å²) in [5, 5.41) is 0. The van der Waals surface area contributed by atoms with E-state index in [0.717, 1.165) is 0 Å². The third-order valence-corrected chi connectivity index (χ3v) is 2.17. The molecule has 2 aromatic rings. The molecule has 0 aliphatic rings.